The Labute approximate surface area is 135 Å². The van der Waals surface area contributed by atoms with Crippen molar-refractivity contribution in [2.24, 2.45) is 11.8 Å². The van der Waals surface area contributed by atoms with E-state index in [1.165, 1.54) is 37.7 Å². The number of hydrogen-bond acceptors (Lipinski definition) is 3. The van der Waals surface area contributed by atoms with E-state index in [0.717, 1.165) is 23.9 Å². The molecule has 1 aromatic carbocycles. The van der Waals surface area contributed by atoms with Crippen LogP contribution in [0.15, 0.2) is 28.7 Å². The van der Waals surface area contributed by atoms with Crippen molar-refractivity contribution in [3.05, 3.63) is 34.3 Å². The van der Waals surface area contributed by atoms with E-state index in [-0.39, 0.29) is 5.60 Å². The summed E-state index contributed by atoms with van der Waals surface area (Å²) in [5, 5.41) is 0. The Kier molecular flexibility index (Phi) is 4.99. The summed E-state index contributed by atoms with van der Waals surface area (Å²) in [4.78, 5) is 0. The first-order chi connectivity index (χ1) is 10.2. The normalized spacial score (nSPS) is 26.1. The molecule has 0 aromatic heterocycles. The van der Waals surface area contributed by atoms with Crippen LogP contribution in [-0.4, -0.2) is 18.2 Å². The number of nitrogens with one attached hydrogen (secondary N) is 1. The minimum atomic E-state index is 0.164. The van der Waals surface area contributed by atoms with E-state index >= 15 is 0 Å². The molecule has 4 heteroatoms. The molecule has 21 heavy (non-hydrogen) atoms. The van der Waals surface area contributed by atoms with Gasteiger partial charge in [-0.05, 0) is 55.7 Å². The predicted octanol–water partition coefficient (Wildman–Crippen LogP) is 3.56. The fraction of sp³-hybridized carbons (Fsp3) is 0.647. The molecule has 1 saturated heterocycles. The van der Waals surface area contributed by atoms with Crippen LogP contribution >= 0.6 is 15.9 Å². The second kappa shape index (κ2) is 6.78. The average molecular weight is 353 g/mol. The molecule has 1 saturated carbocycles. The molecule has 1 heterocycles. The van der Waals surface area contributed by atoms with Gasteiger partial charge in [0, 0.05) is 17.1 Å². The van der Waals surface area contributed by atoms with Crippen molar-refractivity contribution in [1.29, 1.82) is 0 Å². The van der Waals surface area contributed by atoms with Crippen molar-refractivity contribution in [2.75, 3.05) is 6.61 Å². The van der Waals surface area contributed by atoms with Gasteiger partial charge >= 0.3 is 0 Å². The zero-order valence-corrected chi connectivity index (χ0v) is 14.1. The number of rotatable bonds is 4. The molecule has 2 atom stereocenters. The second-order valence-corrected chi connectivity index (χ2v) is 7.51. The highest BCUT2D eigenvalue weighted by atomic mass is 79.9. The van der Waals surface area contributed by atoms with Gasteiger partial charge in [-0.25, -0.2) is 0 Å². The van der Waals surface area contributed by atoms with Gasteiger partial charge in [0.15, 0.2) is 0 Å². The third-order valence-corrected chi connectivity index (χ3v) is 5.73. The zero-order valence-electron chi connectivity index (χ0n) is 12.5. The minimum Gasteiger partial charge on any atom is -0.375 e. The standard InChI is InChI=1S/C17H25BrN2O/c18-15-5-3-13(4-6-15)11-16(20-19)14-7-10-21-17(12-14)8-1-2-9-17/h3-6,14,16,20H,1-2,7-12,19H2. The van der Waals surface area contributed by atoms with Crippen LogP contribution in [0.25, 0.3) is 0 Å². The maximum absolute atomic E-state index is 6.14. The highest BCUT2D eigenvalue weighted by molar-refractivity contribution is 9.10. The van der Waals surface area contributed by atoms with Crippen LogP contribution in [0.5, 0.6) is 0 Å². The number of ether oxygens (including phenoxy) is 1. The number of nitrogens with two attached hydrogens (primary N) is 1. The summed E-state index contributed by atoms with van der Waals surface area (Å²) in [6.45, 7) is 0.892. The Morgan fingerprint density at radius 1 is 1.29 bits per heavy atom. The zero-order chi connectivity index (χ0) is 14.7. The fourth-order valence-electron chi connectivity index (χ4n) is 4.01. The van der Waals surface area contributed by atoms with Gasteiger partial charge < -0.3 is 4.74 Å². The highest BCUT2D eigenvalue weighted by Crippen LogP contribution is 2.43. The first-order valence-electron chi connectivity index (χ1n) is 8.05. The van der Waals surface area contributed by atoms with Crippen LogP contribution in [0.3, 0.4) is 0 Å². The number of hydrazine groups is 1. The Bertz CT molecular complexity index is 456. The Morgan fingerprint density at radius 2 is 2.00 bits per heavy atom. The summed E-state index contributed by atoms with van der Waals surface area (Å²) in [5.74, 6) is 6.48. The summed E-state index contributed by atoms with van der Waals surface area (Å²) in [5.41, 5.74) is 4.58. The molecule has 1 aliphatic carbocycles. The quantitative estimate of drug-likeness (QED) is 0.643. The van der Waals surface area contributed by atoms with Gasteiger partial charge in [-0.15, -0.1) is 0 Å². The van der Waals surface area contributed by atoms with Crippen molar-refractivity contribution in [3.63, 3.8) is 0 Å². The summed E-state index contributed by atoms with van der Waals surface area (Å²) in [6.07, 6.45) is 8.38. The van der Waals surface area contributed by atoms with E-state index in [1.807, 2.05) is 0 Å². The molecule has 2 fully saturated rings. The second-order valence-electron chi connectivity index (χ2n) is 6.60. The maximum atomic E-state index is 6.14. The summed E-state index contributed by atoms with van der Waals surface area (Å²) < 4.78 is 7.27. The van der Waals surface area contributed by atoms with Gasteiger partial charge in [-0.3, -0.25) is 11.3 Å². The molecule has 3 rings (SSSR count). The minimum absolute atomic E-state index is 0.164. The monoisotopic (exact) mass is 352 g/mol. The third-order valence-electron chi connectivity index (χ3n) is 5.20. The van der Waals surface area contributed by atoms with Crippen LogP contribution in [0, 0.1) is 5.92 Å². The van der Waals surface area contributed by atoms with Crippen LogP contribution in [0.2, 0.25) is 0 Å². The molecule has 2 aliphatic rings. The van der Waals surface area contributed by atoms with Crippen molar-refractivity contribution in [2.45, 2.75) is 56.6 Å². The van der Waals surface area contributed by atoms with Gasteiger partial charge in [-0.1, -0.05) is 40.9 Å². The molecule has 2 unspecified atom stereocenters. The van der Waals surface area contributed by atoms with E-state index in [1.54, 1.807) is 0 Å². The Hall–Kier alpha value is -0.420. The number of halogens is 1. The van der Waals surface area contributed by atoms with Gasteiger partial charge in [0.25, 0.3) is 0 Å². The summed E-state index contributed by atoms with van der Waals surface area (Å²) >= 11 is 3.49. The van der Waals surface area contributed by atoms with Gasteiger partial charge in [-0.2, -0.15) is 0 Å². The van der Waals surface area contributed by atoms with Gasteiger partial charge in [0.05, 0.1) is 5.60 Å². The predicted molar refractivity (Wildman–Crippen MR) is 88.8 cm³/mol. The summed E-state index contributed by atoms with van der Waals surface area (Å²) in [7, 11) is 0. The molecule has 0 bridgehead atoms. The largest absolute Gasteiger partial charge is 0.375 e. The molecular weight excluding hydrogens is 328 g/mol. The van der Waals surface area contributed by atoms with Crippen molar-refractivity contribution >= 4 is 15.9 Å². The van der Waals surface area contributed by atoms with Crippen LogP contribution in [-0.2, 0) is 11.2 Å². The Balaban J connectivity index is 1.66. The summed E-state index contributed by atoms with van der Waals surface area (Å²) in [6, 6.07) is 8.90. The first-order valence-corrected chi connectivity index (χ1v) is 8.85. The van der Waals surface area contributed by atoms with Crippen LogP contribution in [0.1, 0.15) is 44.1 Å². The molecule has 1 spiro atoms. The maximum Gasteiger partial charge on any atom is 0.0685 e. The lowest BCUT2D eigenvalue weighted by Gasteiger charge is -2.41. The van der Waals surface area contributed by atoms with E-state index in [9.17, 15) is 0 Å². The molecular formula is C17H25BrN2O. The van der Waals surface area contributed by atoms with Crippen LogP contribution in [0.4, 0.5) is 0 Å². The molecule has 0 amide bonds. The van der Waals surface area contributed by atoms with Crippen molar-refractivity contribution in [1.82, 2.24) is 5.43 Å². The average Bonchev–Trinajstić information content (AvgIpc) is 2.94. The molecule has 1 aliphatic heterocycles. The first kappa shape index (κ1) is 15.5. The SMILES string of the molecule is NNC(Cc1ccc(Br)cc1)C1CCOC2(CCCC2)C1. The number of benzene rings is 1. The van der Waals surface area contributed by atoms with E-state index < -0.39 is 0 Å². The van der Waals surface area contributed by atoms with Crippen molar-refractivity contribution in [3.8, 4) is 0 Å². The highest BCUT2D eigenvalue weighted by Gasteiger charge is 2.41. The van der Waals surface area contributed by atoms with Crippen molar-refractivity contribution < 1.29 is 4.74 Å². The number of hydrogen-bond donors (Lipinski definition) is 2. The lowest BCUT2D eigenvalue weighted by atomic mass is 9.79. The van der Waals surface area contributed by atoms with Gasteiger partial charge in [0.2, 0.25) is 0 Å². The van der Waals surface area contributed by atoms with E-state index in [4.69, 9.17) is 10.6 Å². The topological polar surface area (TPSA) is 47.3 Å². The molecule has 1 aromatic rings. The van der Waals surface area contributed by atoms with E-state index in [0.29, 0.717) is 12.0 Å². The molecule has 116 valence electrons. The molecule has 3 N–H and O–H groups in total. The van der Waals surface area contributed by atoms with Crippen LogP contribution < -0.4 is 11.3 Å². The van der Waals surface area contributed by atoms with Gasteiger partial charge in [0.1, 0.15) is 0 Å². The molecule has 3 nitrogen and oxygen atoms in total. The smallest absolute Gasteiger partial charge is 0.0685 e. The lowest BCUT2D eigenvalue weighted by molar-refractivity contribution is -0.0978. The third kappa shape index (κ3) is 3.67. The molecule has 0 radical (unpaired) electrons. The fourth-order valence-corrected chi connectivity index (χ4v) is 4.28. The Morgan fingerprint density at radius 3 is 2.67 bits per heavy atom. The van der Waals surface area contributed by atoms with E-state index in [2.05, 4.69) is 45.6 Å². The lowest BCUT2D eigenvalue weighted by Crippen LogP contribution is -2.48.